The number of methoxy groups -OCH3 is 1. The van der Waals surface area contributed by atoms with Crippen molar-refractivity contribution in [1.82, 2.24) is 20.1 Å². The highest BCUT2D eigenvalue weighted by Crippen LogP contribution is 2.40. The maximum Gasteiger partial charge on any atom is 0.311 e. The number of aliphatic hydroxyl groups is 4. The second kappa shape index (κ2) is 23.5. The van der Waals surface area contributed by atoms with Crippen molar-refractivity contribution in [2.45, 2.75) is 192 Å². The van der Waals surface area contributed by atoms with E-state index in [-0.39, 0.29) is 49.8 Å². The normalized spacial score (nSPS) is 40.6. The van der Waals surface area contributed by atoms with E-state index in [1.807, 2.05) is 78.0 Å². The predicted molar refractivity (Wildman–Crippen MR) is 257 cm³/mol. The number of likely N-dealkylation sites (N-methyl/N-ethyl adjacent to an activating group) is 2. The highest BCUT2D eigenvalue weighted by Gasteiger charge is 2.53. The number of para-hydroxylation sites is 1. The van der Waals surface area contributed by atoms with E-state index in [1.165, 1.54) is 14.0 Å². The third-order valence-electron chi connectivity index (χ3n) is 15.0. The van der Waals surface area contributed by atoms with Crippen molar-refractivity contribution in [2.75, 3.05) is 47.9 Å². The van der Waals surface area contributed by atoms with Crippen molar-refractivity contribution in [3.8, 4) is 0 Å². The van der Waals surface area contributed by atoms with Crippen molar-refractivity contribution in [3.05, 3.63) is 42.1 Å². The van der Waals surface area contributed by atoms with E-state index < -0.39 is 96.0 Å². The van der Waals surface area contributed by atoms with Gasteiger partial charge >= 0.3 is 5.97 Å². The Morgan fingerprint density at radius 1 is 0.971 bits per heavy atom. The number of aromatic nitrogens is 1. The van der Waals surface area contributed by atoms with Crippen LogP contribution in [0.15, 0.2) is 36.5 Å². The average Bonchev–Trinajstić information content (AvgIpc) is 3.28. The number of ether oxygens (including phenoxy) is 7. The Morgan fingerprint density at radius 2 is 1.66 bits per heavy atom. The number of amides is 1. The van der Waals surface area contributed by atoms with Crippen LogP contribution >= 0.6 is 0 Å². The summed E-state index contributed by atoms with van der Waals surface area (Å²) in [7, 11) is 7.32. The molecule has 17 nitrogen and oxygen atoms in total. The van der Waals surface area contributed by atoms with Gasteiger partial charge in [-0.3, -0.25) is 14.6 Å². The van der Waals surface area contributed by atoms with Crippen molar-refractivity contribution < 1.29 is 63.2 Å². The molecule has 4 heterocycles. The molecule has 5 rings (SSSR count). The Bertz CT molecular complexity index is 1930. The van der Waals surface area contributed by atoms with Crippen LogP contribution < -0.4 is 5.32 Å². The lowest BCUT2D eigenvalue weighted by Gasteiger charge is -2.49. The Morgan fingerprint density at radius 3 is 2.32 bits per heavy atom. The molecule has 18 atom stereocenters. The molecule has 3 aliphatic heterocycles. The summed E-state index contributed by atoms with van der Waals surface area (Å²) in [6.45, 7) is 18.9. The fraction of sp³-hybridized carbons (Fsp3) is 0.784. The number of cyclic esters (lactones) is 1. The molecule has 0 bridgehead atoms. The molecule has 3 saturated heterocycles. The van der Waals surface area contributed by atoms with Gasteiger partial charge in [0.2, 0.25) is 0 Å². The van der Waals surface area contributed by atoms with Gasteiger partial charge in [0, 0.05) is 62.8 Å². The number of nitrogens with zero attached hydrogens (tertiary/aromatic N) is 3. The van der Waals surface area contributed by atoms with Crippen LogP contribution in [0.4, 0.5) is 0 Å². The molecule has 5 N–H and O–H groups in total. The highest BCUT2D eigenvalue weighted by atomic mass is 16.7. The molecule has 0 radical (unpaired) electrons. The molecule has 386 valence electrons. The van der Waals surface area contributed by atoms with Crippen LogP contribution in [-0.4, -0.2) is 185 Å². The van der Waals surface area contributed by atoms with Gasteiger partial charge in [-0.25, -0.2) is 0 Å². The van der Waals surface area contributed by atoms with Crippen LogP contribution in [0.5, 0.6) is 0 Å². The minimum absolute atomic E-state index is 0.116. The molecule has 1 aromatic carbocycles. The first-order valence-electron chi connectivity index (χ1n) is 24.6. The molecule has 0 unspecified atom stereocenters. The number of nitrogens with one attached hydrogen (secondary N) is 1. The molecule has 68 heavy (non-hydrogen) atoms. The molecule has 0 saturated carbocycles. The van der Waals surface area contributed by atoms with Crippen LogP contribution in [0.3, 0.4) is 0 Å². The van der Waals surface area contributed by atoms with Gasteiger partial charge in [-0.15, -0.1) is 0 Å². The zero-order valence-corrected chi connectivity index (χ0v) is 43.1. The maximum atomic E-state index is 14.5. The zero-order valence-electron chi connectivity index (χ0n) is 43.1. The highest BCUT2D eigenvalue weighted by molar-refractivity contribution is 6.05. The standard InChI is InChI=1S/C51H84N4O13/c1-15-39-51(10,61)43(56)33(6)55(13)28-29(2)26-49(8,60)45(31(4)41(32(5)47(59)66-39)67-40-27-50(9,62-14)44(57)34(7)65-40)68-48-42(38(54(11)12)25-30(3)64-48)63-24-18-22-53-46(58)36-21-23-52-37-20-17-16-19-35(36)37/h16-17,19-21,23,29-34,38-45,48,56-57,60-61H,15,18,22,24-28H2,1-14H3,(H,53,58)/t29-,30-,31+,32-,33-,34+,38+,39-,40+,41+,42-,43-,44+,45-,48+,49-,50-,51-/m1/s1. The number of aliphatic hydroxyl groups excluding tert-OH is 2. The fourth-order valence-corrected chi connectivity index (χ4v) is 10.8. The first-order valence-corrected chi connectivity index (χ1v) is 24.6. The summed E-state index contributed by atoms with van der Waals surface area (Å²) < 4.78 is 45.6. The van der Waals surface area contributed by atoms with Gasteiger partial charge in [-0.05, 0) is 113 Å². The monoisotopic (exact) mass is 961 g/mol. The topological polar surface area (TPSA) is 211 Å². The lowest BCUT2D eigenvalue weighted by atomic mass is 9.77. The molecule has 3 aliphatic rings. The number of hydrogen-bond donors (Lipinski definition) is 5. The van der Waals surface area contributed by atoms with E-state index in [9.17, 15) is 30.0 Å². The number of rotatable bonds is 13. The Kier molecular flexibility index (Phi) is 19.4. The van der Waals surface area contributed by atoms with Crippen molar-refractivity contribution >= 4 is 22.8 Å². The number of carbonyl (C=O) groups excluding carboxylic acids is 2. The number of carbonyl (C=O) groups is 2. The van der Waals surface area contributed by atoms with E-state index in [0.29, 0.717) is 31.5 Å². The fourth-order valence-electron chi connectivity index (χ4n) is 10.8. The smallest absolute Gasteiger partial charge is 0.311 e. The lowest BCUT2D eigenvalue weighted by molar-refractivity contribution is -0.321. The molecular formula is C51H84N4O13. The lowest BCUT2D eigenvalue weighted by Crippen LogP contribution is -2.61. The summed E-state index contributed by atoms with van der Waals surface area (Å²) in [4.78, 5) is 36.3. The van der Waals surface area contributed by atoms with Crippen LogP contribution in [0.25, 0.3) is 10.9 Å². The first-order chi connectivity index (χ1) is 31.9. The van der Waals surface area contributed by atoms with Crippen molar-refractivity contribution in [3.63, 3.8) is 0 Å². The second-order valence-electron chi connectivity index (χ2n) is 21.0. The summed E-state index contributed by atoms with van der Waals surface area (Å²) in [5.74, 6) is -2.88. The zero-order chi connectivity index (χ0) is 50.5. The van der Waals surface area contributed by atoms with E-state index in [1.54, 1.807) is 46.9 Å². The molecule has 3 fully saturated rings. The predicted octanol–water partition coefficient (Wildman–Crippen LogP) is 4.29. The third-order valence-corrected chi connectivity index (χ3v) is 15.0. The SMILES string of the molecule is CC[C@H]1OC(=O)[C@H](C)[C@@H](O[C@H]2C[C@@](C)(OC)[C@@H](O)[C@H](C)O2)[C@H](C)[C@@H](O[C@@H]2O[C@H](C)C[C@H](N(C)C)[C@H]2OCCCNC(=O)c2ccnc3ccccc23)[C@](C)(O)C[C@@H](C)CN(C)[C@H](C)[C@@H](O)[C@]1(C)O. The quantitative estimate of drug-likeness (QED) is 0.140. The molecular weight excluding hydrogens is 877 g/mol. The molecule has 0 spiro atoms. The number of benzene rings is 1. The van der Waals surface area contributed by atoms with Crippen LogP contribution in [0.1, 0.15) is 112 Å². The second-order valence-corrected chi connectivity index (χ2v) is 21.0. The van der Waals surface area contributed by atoms with Crippen molar-refractivity contribution in [1.29, 1.82) is 0 Å². The molecule has 0 aliphatic carbocycles. The van der Waals surface area contributed by atoms with Crippen LogP contribution in [0, 0.1) is 17.8 Å². The molecule has 1 aromatic heterocycles. The molecule has 2 aromatic rings. The molecule has 1 amide bonds. The van der Waals surface area contributed by atoms with Gasteiger partial charge in [0.15, 0.2) is 12.6 Å². The van der Waals surface area contributed by atoms with Gasteiger partial charge in [0.25, 0.3) is 5.91 Å². The van der Waals surface area contributed by atoms with E-state index in [4.69, 9.17) is 33.2 Å². The Hall–Kier alpha value is -2.91. The first kappa shape index (κ1) is 56.0. The summed E-state index contributed by atoms with van der Waals surface area (Å²) >= 11 is 0. The molecule has 17 heteroatoms. The van der Waals surface area contributed by atoms with E-state index in [0.717, 1.165) is 10.9 Å². The van der Waals surface area contributed by atoms with Gasteiger partial charge < -0.3 is 68.7 Å². The van der Waals surface area contributed by atoms with Crippen LogP contribution in [0.2, 0.25) is 0 Å². The Labute approximate surface area is 404 Å². The summed E-state index contributed by atoms with van der Waals surface area (Å²) in [5, 5.41) is 51.4. The van der Waals surface area contributed by atoms with Crippen LogP contribution in [-0.2, 0) is 38.0 Å². The van der Waals surface area contributed by atoms with E-state index in [2.05, 4.69) is 15.2 Å². The number of esters is 1. The third kappa shape index (κ3) is 12.9. The average molecular weight is 961 g/mol. The summed E-state index contributed by atoms with van der Waals surface area (Å²) in [6, 6.07) is 8.49. The minimum Gasteiger partial charge on any atom is -0.459 e. The Balaban J connectivity index is 1.49. The van der Waals surface area contributed by atoms with Crippen molar-refractivity contribution in [2.24, 2.45) is 17.8 Å². The van der Waals surface area contributed by atoms with Gasteiger partial charge in [-0.1, -0.05) is 39.0 Å². The van der Waals surface area contributed by atoms with Gasteiger partial charge in [0.1, 0.15) is 30.0 Å². The van der Waals surface area contributed by atoms with E-state index >= 15 is 0 Å². The summed E-state index contributed by atoms with van der Waals surface area (Å²) in [5.41, 5.74) is -3.19. The van der Waals surface area contributed by atoms with Gasteiger partial charge in [0.05, 0.1) is 52.6 Å². The summed E-state index contributed by atoms with van der Waals surface area (Å²) in [6.07, 6.45) is -5.76. The van der Waals surface area contributed by atoms with Gasteiger partial charge in [-0.2, -0.15) is 0 Å². The number of hydrogen-bond acceptors (Lipinski definition) is 16. The minimum atomic E-state index is -1.83. The number of pyridine rings is 1. The maximum absolute atomic E-state index is 14.5. The number of fused-ring (bicyclic) bond motifs is 1. The largest absolute Gasteiger partial charge is 0.459 e.